The summed E-state index contributed by atoms with van der Waals surface area (Å²) in [7, 11) is 0. The van der Waals surface area contributed by atoms with Crippen LogP contribution in [-0.2, 0) is 9.53 Å². The van der Waals surface area contributed by atoms with Gasteiger partial charge in [0.1, 0.15) is 6.04 Å². The number of carboxylic acid groups (broad SMARTS) is 1. The van der Waals surface area contributed by atoms with Gasteiger partial charge in [0.15, 0.2) is 0 Å². The Morgan fingerprint density at radius 1 is 1.26 bits per heavy atom. The number of carbonyl (C=O) groups is 1. The number of hydrogen-bond donors (Lipinski definition) is 3. The van der Waals surface area contributed by atoms with Crippen LogP contribution in [0.4, 0.5) is 19.1 Å². The maximum absolute atomic E-state index is 14.4. The van der Waals surface area contributed by atoms with E-state index in [2.05, 4.69) is 15.3 Å². The van der Waals surface area contributed by atoms with E-state index in [1.165, 1.54) is 24.3 Å². The Hall–Kier alpha value is -3.15. The van der Waals surface area contributed by atoms with Crippen LogP contribution >= 0.6 is 11.6 Å². The first-order valence-corrected chi connectivity index (χ1v) is 13.0. The molecule has 3 heterocycles. The Morgan fingerprint density at radius 3 is 2.72 bits per heavy atom. The average Bonchev–Trinajstić information content (AvgIpc) is 3.31. The highest BCUT2D eigenvalue weighted by atomic mass is 35.5. The molecule has 5 rings (SSSR count). The molecule has 1 saturated heterocycles. The zero-order valence-corrected chi connectivity index (χ0v) is 21.7. The summed E-state index contributed by atoms with van der Waals surface area (Å²) in [6.45, 7) is 1.25. The number of anilines is 1. The van der Waals surface area contributed by atoms with Gasteiger partial charge < -0.3 is 25.6 Å². The van der Waals surface area contributed by atoms with Crippen molar-refractivity contribution in [1.29, 1.82) is 0 Å². The van der Waals surface area contributed by atoms with E-state index in [9.17, 15) is 23.1 Å². The van der Waals surface area contributed by atoms with E-state index in [0.717, 1.165) is 5.57 Å². The molecule has 1 aromatic carbocycles. The fraction of sp³-hybridized carbons (Fsp3) is 0.444. The first-order valence-electron chi connectivity index (χ1n) is 12.6. The number of aromatic nitrogens is 2. The highest BCUT2D eigenvalue weighted by Gasteiger charge is 2.45. The van der Waals surface area contributed by atoms with Crippen molar-refractivity contribution < 1.29 is 32.5 Å². The van der Waals surface area contributed by atoms with Crippen molar-refractivity contribution in [3.05, 3.63) is 58.3 Å². The van der Waals surface area contributed by atoms with Crippen LogP contribution in [0, 0.1) is 5.41 Å². The normalized spacial score (nSPS) is 24.3. The molecule has 208 valence electrons. The monoisotopic (exact) mass is 564 g/mol. The standard InChI is InChI=1S/C27H28ClF3N4O4/c28-17-3-4-18(19(10-17)16-2-1-9-38-13-16)23(27(29,30)31)39-22-11-20(34-25(32)35-22)15-5-7-26(8-6-15)12-21(24(36)37)33-14-26/h2-5,10-11,21,23,33H,1,6-9,12-14H2,(H,36,37)(H2,32,34,35)/t21?,23-,26?/m1/s1. The van der Waals surface area contributed by atoms with Gasteiger partial charge in [-0.2, -0.15) is 18.2 Å². The topological polar surface area (TPSA) is 120 Å². The number of nitrogen functional groups attached to an aromatic ring is 1. The van der Waals surface area contributed by atoms with Crippen LogP contribution < -0.4 is 15.8 Å². The van der Waals surface area contributed by atoms with Gasteiger partial charge in [-0.25, -0.2) is 4.98 Å². The smallest absolute Gasteiger partial charge is 0.429 e. The molecule has 0 bridgehead atoms. The molecule has 8 nitrogen and oxygen atoms in total. The lowest BCUT2D eigenvalue weighted by atomic mass is 9.73. The van der Waals surface area contributed by atoms with Crippen molar-refractivity contribution >= 4 is 34.7 Å². The van der Waals surface area contributed by atoms with Gasteiger partial charge in [-0.1, -0.05) is 29.8 Å². The number of nitrogens with zero attached hydrogens (tertiary/aromatic N) is 2. The number of hydrogen-bond acceptors (Lipinski definition) is 7. The molecule has 2 unspecified atom stereocenters. The maximum Gasteiger partial charge on any atom is 0.429 e. The predicted molar refractivity (Wildman–Crippen MR) is 139 cm³/mol. The Labute approximate surface area is 228 Å². The Morgan fingerprint density at radius 2 is 2.08 bits per heavy atom. The second-order valence-electron chi connectivity index (χ2n) is 10.2. The van der Waals surface area contributed by atoms with Crippen molar-refractivity contribution in [2.75, 3.05) is 25.5 Å². The maximum atomic E-state index is 14.4. The lowest BCUT2D eigenvalue weighted by Crippen LogP contribution is -2.30. The van der Waals surface area contributed by atoms with E-state index in [1.54, 1.807) is 0 Å². The Balaban J connectivity index is 1.43. The third kappa shape index (κ3) is 6.05. The number of nitrogens with two attached hydrogens (primary N) is 1. The van der Waals surface area contributed by atoms with Crippen LogP contribution in [0.25, 0.3) is 11.1 Å². The Bertz CT molecular complexity index is 1330. The number of aliphatic carboxylic acids is 1. The largest absolute Gasteiger partial charge is 0.480 e. The molecule has 39 heavy (non-hydrogen) atoms. The van der Waals surface area contributed by atoms with Crippen LogP contribution in [0.1, 0.15) is 55.0 Å². The summed E-state index contributed by atoms with van der Waals surface area (Å²) in [4.78, 5) is 19.5. The molecule has 1 aliphatic carbocycles. The van der Waals surface area contributed by atoms with Crippen LogP contribution in [0.3, 0.4) is 0 Å². The molecule has 4 N–H and O–H groups in total. The minimum absolute atomic E-state index is 0.108. The summed E-state index contributed by atoms with van der Waals surface area (Å²) in [5.74, 6) is -1.38. The van der Waals surface area contributed by atoms with Crippen molar-refractivity contribution in [2.45, 2.75) is 50.4 Å². The van der Waals surface area contributed by atoms with Gasteiger partial charge in [0.25, 0.3) is 0 Å². The SMILES string of the molecule is Nc1nc(O[C@H](c2ccc(Cl)cc2C2=CCCOC2)C(F)(F)F)cc(C2=CCC3(CC2)CNC(C(=O)O)C3)n1. The fourth-order valence-corrected chi connectivity index (χ4v) is 5.66. The van der Waals surface area contributed by atoms with Gasteiger partial charge in [-0.15, -0.1) is 0 Å². The predicted octanol–water partition coefficient (Wildman–Crippen LogP) is 5.20. The summed E-state index contributed by atoms with van der Waals surface area (Å²) >= 11 is 6.14. The van der Waals surface area contributed by atoms with Crippen molar-refractivity contribution in [2.24, 2.45) is 5.41 Å². The van der Waals surface area contributed by atoms with E-state index in [0.29, 0.717) is 67.1 Å². The molecule has 0 amide bonds. The zero-order valence-electron chi connectivity index (χ0n) is 20.9. The number of nitrogens with one attached hydrogen (secondary N) is 1. The molecule has 12 heteroatoms. The van der Waals surface area contributed by atoms with Crippen LogP contribution in [0.15, 0.2) is 36.4 Å². The van der Waals surface area contributed by atoms with E-state index < -0.39 is 24.3 Å². The molecular weight excluding hydrogens is 537 g/mol. The lowest BCUT2D eigenvalue weighted by molar-refractivity contribution is -0.198. The zero-order chi connectivity index (χ0) is 27.8. The highest BCUT2D eigenvalue weighted by Crippen LogP contribution is 2.45. The van der Waals surface area contributed by atoms with Crippen LogP contribution in [-0.4, -0.2) is 53.0 Å². The molecular formula is C27H28ClF3N4O4. The van der Waals surface area contributed by atoms with E-state index >= 15 is 0 Å². The third-order valence-corrected chi connectivity index (χ3v) is 7.74. The molecule has 0 radical (unpaired) electrons. The van der Waals surface area contributed by atoms with Crippen molar-refractivity contribution in [3.63, 3.8) is 0 Å². The van der Waals surface area contributed by atoms with Crippen LogP contribution in [0.2, 0.25) is 5.02 Å². The van der Waals surface area contributed by atoms with E-state index in [-0.39, 0.29) is 29.4 Å². The molecule has 2 aromatic rings. The molecule has 0 saturated carbocycles. The number of rotatable bonds is 6. The summed E-state index contributed by atoms with van der Waals surface area (Å²) in [5.41, 5.74) is 7.71. The summed E-state index contributed by atoms with van der Waals surface area (Å²) in [5, 5.41) is 12.7. The number of alkyl halides is 3. The third-order valence-electron chi connectivity index (χ3n) is 7.50. The molecule has 1 spiro atoms. The summed E-state index contributed by atoms with van der Waals surface area (Å²) in [6.07, 6.45) is -0.313. The fourth-order valence-electron chi connectivity index (χ4n) is 5.49. The number of ether oxygens (including phenoxy) is 2. The second-order valence-corrected chi connectivity index (χ2v) is 10.6. The first kappa shape index (κ1) is 27.4. The van der Waals surface area contributed by atoms with Gasteiger partial charge in [-0.05, 0) is 66.4 Å². The van der Waals surface area contributed by atoms with Gasteiger partial charge in [0, 0.05) is 23.2 Å². The molecule has 2 aliphatic heterocycles. The first-order chi connectivity index (χ1) is 18.5. The number of allylic oxidation sites excluding steroid dienone is 2. The van der Waals surface area contributed by atoms with Crippen LogP contribution in [0.5, 0.6) is 5.88 Å². The van der Waals surface area contributed by atoms with Gasteiger partial charge in [-0.3, -0.25) is 4.79 Å². The minimum atomic E-state index is -4.77. The van der Waals surface area contributed by atoms with Gasteiger partial charge in [0.05, 0.1) is 18.9 Å². The Kier molecular flexibility index (Phi) is 7.58. The van der Waals surface area contributed by atoms with Crippen molar-refractivity contribution in [3.8, 4) is 5.88 Å². The van der Waals surface area contributed by atoms with Crippen molar-refractivity contribution in [1.82, 2.24) is 15.3 Å². The summed E-state index contributed by atoms with van der Waals surface area (Å²) < 4.78 is 54.2. The highest BCUT2D eigenvalue weighted by molar-refractivity contribution is 6.30. The van der Waals surface area contributed by atoms with Gasteiger partial charge in [0.2, 0.25) is 17.9 Å². The summed E-state index contributed by atoms with van der Waals surface area (Å²) in [6, 6.07) is 4.96. The van der Waals surface area contributed by atoms with E-state index in [1.807, 2.05) is 12.2 Å². The quantitative estimate of drug-likeness (QED) is 0.438. The average molecular weight is 565 g/mol. The number of benzene rings is 1. The molecule has 3 atom stereocenters. The minimum Gasteiger partial charge on any atom is -0.480 e. The molecule has 1 fully saturated rings. The lowest BCUT2D eigenvalue weighted by Gasteiger charge is -2.32. The molecule has 3 aliphatic rings. The van der Waals surface area contributed by atoms with E-state index in [4.69, 9.17) is 26.8 Å². The number of halogens is 4. The molecule has 1 aromatic heterocycles. The van der Waals surface area contributed by atoms with Gasteiger partial charge >= 0.3 is 12.1 Å². The second kappa shape index (κ2) is 10.8. The number of carboxylic acids is 1.